The fourth-order valence-electron chi connectivity index (χ4n) is 3.49. The minimum Gasteiger partial charge on any atom is -0.497 e. The molecule has 0 radical (unpaired) electrons. The van der Waals surface area contributed by atoms with Gasteiger partial charge in [0.25, 0.3) is 0 Å². The Balaban J connectivity index is 1.35. The number of carbonyl (C=O) groups is 2. The molecular formula is C22H30N2O4. The van der Waals surface area contributed by atoms with Crippen molar-refractivity contribution >= 4 is 11.8 Å². The van der Waals surface area contributed by atoms with Crippen LogP contribution >= 0.6 is 0 Å². The second-order valence-corrected chi connectivity index (χ2v) is 7.48. The third-order valence-electron chi connectivity index (χ3n) is 5.45. The van der Waals surface area contributed by atoms with E-state index in [2.05, 4.69) is 16.7 Å². The molecule has 2 N–H and O–H groups in total. The number of methoxy groups -OCH3 is 1. The van der Waals surface area contributed by atoms with Crippen LogP contribution in [-0.2, 0) is 9.59 Å². The maximum Gasteiger partial charge on any atom is 0.235 e. The van der Waals surface area contributed by atoms with E-state index < -0.39 is 5.41 Å². The van der Waals surface area contributed by atoms with Crippen LogP contribution in [-0.4, -0.2) is 38.6 Å². The summed E-state index contributed by atoms with van der Waals surface area (Å²) in [6, 6.07) is 7.28. The monoisotopic (exact) mass is 386 g/mol. The number of rotatable bonds is 10. The molecule has 152 valence electrons. The number of nitrogens with one attached hydrogen (secondary N) is 2. The third kappa shape index (κ3) is 5.27. The standard InChI is InChI=1S/C22H30N2O4/c1-27-18-7-9-19(10-8-18)28-16-15-24-21(26)22(12-13-22)20(25)23-14-11-17-5-3-2-4-6-17/h5,7-10H,2-4,6,11-16H2,1H3,(H,23,25)(H,24,26). The minimum atomic E-state index is -0.874. The lowest BCUT2D eigenvalue weighted by atomic mass is 9.97. The van der Waals surface area contributed by atoms with Gasteiger partial charge in [-0.3, -0.25) is 9.59 Å². The average molecular weight is 386 g/mol. The fraction of sp³-hybridized carbons (Fsp3) is 0.545. The van der Waals surface area contributed by atoms with Crippen LogP contribution in [0.25, 0.3) is 0 Å². The highest BCUT2D eigenvalue weighted by atomic mass is 16.5. The Bertz CT molecular complexity index is 708. The van der Waals surface area contributed by atoms with E-state index in [4.69, 9.17) is 9.47 Å². The molecule has 1 aromatic rings. The smallest absolute Gasteiger partial charge is 0.235 e. The number of hydrogen-bond donors (Lipinski definition) is 2. The summed E-state index contributed by atoms with van der Waals surface area (Å²) >= 11 is 0. The lowest BCUT2D eigenvalue weighted by Gasteiger charge is -2.17. The molecule has 0 aromatic heterocycles. The van der Waals surface area contributed by atoms with Crippen molar-refractivity contribution in [1.82, 2.24) is 10.6 Å². The molecule has 1 aromatic carbocycles. The molecule has 0 spiro atoms. The van der Waals surface area contributed by atoms with E-state index in [1.807, 2.05) is 24.3 Å². The SMILES string of the molecule is COc1ccc(OCCNC(=O)C2(C(=O)NCCC3=CCCCC3)CC2)cc1. The molecular weight excluding hydrogens is 356 g/mol. The Morgan fingerprint density at radius 2 is 1.68 bits per heavy atom. The summed E-state index contributed by atoms with van der Waals surface area (Å²) in [4.78, 5) is 25.0. The third-order valence-corrected chi connectivity index (χ3v) is 5.45. The topological polar surface area (TPSA) is 76.7 Å². The van der Waals surface area contributed by atoms with Crippen molar-refractivity contribution in [3.05, 3.63) is 35.9 Å². The highest BCUT2D eigenvalue weighted by molar-refractivity contribution is 6.07. The van der Waals surface area contributed by atoms with Crippen molar-refractivity contribution in [2.75, 3.05) is 26.8 Å². The molecule has 1 fully saturated rings. The molecule has 2 aliphatic rings. The quantitative estimate of drug-likeness (QED) is 0.368. The molecule has 0 atom stereocenters. The summed E-state index contributed by atoms with van der Waals surface area (Å²) in [5, 5.41) is 5.80. The van der Waals surface area contributed by atoms with Gasteiger partial charge in [-0.2, -0.15) is 0 Å². The number of ether oxygens (including phenoxy) is 2. The molecule has 0 saturated heterocycles. The van der Waals surface area contributed by atoms with E-state index in [1.54, 1.807) is 7.11 Å². The predicted octanol–water partition coefficient (Wildman–Crippen LogP) is 2.98. The Hall–Kier alpha value is -2.50. The first-order chi connectivity index (χ1) is 13.6. The molecule has 0 unspecified atom stereocenters. The highest BCUT2D eigenvalue weighted by Gasteiger charge is 2.56. The van der Waals surface area contributed by atoms with Gasteiger partial charge in [0.15, 0.2) is 0 Å². The van der Waals surface area contributed by atoms with E-state index in [9.17, 15) is 9.59 Å². The van der Waals surface area contributed by atoms with Gasteiger partial charge < -0.3 is 20.1 Å². The summed E-state index contributed by atoms with van der Waals surface area (Å²) in [5.41, 5.74) is 0.553. The van der Waals surface area contributed by atoms with Crippen molar-refractivity contribution in [3.8, 4) is 11.5 Å². The zero-order valence-corrected chi connectivity index (χ0v) is 16.6. The normalized spacial score (nSPS) is 17.2. The van der Waals surface area contributed by atoms with Crippen LogP contribution in [0, 0.1) is 5.41 Å². The van der Waals surface area contributed by atoms with Gasteiger partial charge in [0.1, 0.15) is 23.5 Å². The number of allylic oxidation sites excluding steroid dienone is 1. The largest absolute Gasteiger partial charge is 0.497 e. The van der Waals surface area contributed by atoms with E-state index in [-0.39, 0.29) is 11.8 Å². The second kappa shape index (κ2) is 9.62. The van der Waals surface area contributed by atoms with Crippen LogP contribution in [0.4, 0.5) is 0 Å². The van der Waals surface area contributed by atoms with Gasteiger partial charge in [-0.25, -0.2) is 0 Å². The number of carbonyl (C=O) groups excluding carboxylic acids is 2. The van der Waals surface area contributed by atoms with Crippen molar-refractivity contribution in [2.45, 2.75) is 44.9 Å². The van der Waals surface area contributed by atoms with Crippen molar-refractivity contribution in [2.24, 2.45) is 5.41 Å². The van der Waals surface area contributed by atoms with Crippen LogP contribution in [0.5, 0.6) is 11.5 Å². The van der Waals surface area contributed by atoms with E-state index in [1.165, 1.54) is 18.4 Å². The second-order valence-electron chi connectivity index (χ2n) is 7.48. The van der Waals surface area contributed by atoms with Crippen LogP contribution < -0.4 is 20.1 Å². The van der Waals surface area contributed by atoms with Crippen molar-refractivity contribution in [1.29, 1.82) is 0 Å². The van der Waals surface area contributed by atoms with Gasteiger partial charge in [-0.05, 0) is 69.2 Å². The summed E-state index contributed by atoms with van der Waals surface area (Å²) in [6.45, 7) is 1.33. The van der Waals surface area contributed by atoms with Crippen LogP contribution in [0.15, 0.2) is 35.9 Å². The summed E-state index contributed by atoms with van der Waals surface area (Å²) in [5.74, 6) is 1.14. The van der Waals surface area contributed by atoms with E-state index in [0.29, 0.717) is 38.3 Å². The minimum absolute atomic E-state index is 0.141. The van der Waals surface area contributed by atoms with Gasteiger partial charge in [-0.1, -0.05) is 11.6 Å². The molecule has 0 aliphatic heterocycles. The van der Waals surface area contributed by atoms with Crippen molar-refractivity contribution in [3.63, 3.8) is 0 Å². The fourth-order valence-corrected chi connectivity index (χ4v) is 3.49. The number of hydrogen-bond acceptors (Lipinski definition) is 4. The molecule has 28 heavy (non-hydrogen) atoms. The van der Waals surface area contributed by atoms with Crippen LogP contribution in [0.1, 0.15) is 44.9 Å². The summed E-state index contributed by atoms with van der Waals surface area (Å²) in [6.07, 6.45) is 9.20. The molecule has 0 bridgehead atoms. The van der Waals surface area contributed by atoms with Gasteiger partial charge >= 0.3 is 0 Å². The lowest BCUT2D eigenvalue weighted by Crippen LogP contribution is -2.44. The maximum atomic E-state index is 12.5. The van der Waals surface area contributed by atoms with Gasteiger partial charge in [-0.15, -0.1) is 0 Å². The zero-order chi connectivity index (χ0) is 19.8. The van der Waals surface area contributed by atoms with E-state index >= 15 is 0 Å². The van der Waals surface area contributed by atoms with Crippen LogP contribution in [0.2, 0.25) is 0 Å². The Kier molecular flexibility index (Phi) is 6.95. The lowest BCUT2D eigenvalue weighted by molar-refractivity contribution is -0.137. The predicted molar refractivity (Wildman–Crippen MR) is 107 cm³/mol. The summed E-state index contributed by atoms with van der Waals surface area (Å²) < 4.78 is 10.7. The van der Waals surface area contributed by atoms with Gasteiger partial charge in [0.05, 0.1) is 13.7 Å². The van der Waals surface area contributed by atoms with Gasteiger partial charge in [0.2, 0.25) is 11.8 Å². The Labute approximate surface area is 166 Å². The molecule has 6 nitrogen and oxygen atoms in total. The summed E-state index contributed by atoms with van der Waals surface area (Å²) in [7, 11) is 1.61. The maximum absolute atomic E-state index is 12.5. The van der Waals surface area contributed by atoms with Crippen molar-refractivity contribution < 1.29 is 19.1 Å². The molecule has 2 amide bonds. The van der Waals surface area contributed by atoms with Gasteiger partial charge in [0, 0.05) is 6.54 Å². The van der Waals surface area contributed by atoms with Crippen LogP contribution in [0.3, 0.4) is 0 Å². The molecule has 6 heteroatoms. The first kappa shape index (κ1) is 20.2. The molecule has 2 aliphatic carbocycles. The molecule has 0 heterocycles. The number of amides is 2. The highest BCUT2D eigenvalue weighted by Crippen LogP contribution is 2.46. The Morgan fingerprint density at radius 3 is 2.29 bits per heavy atom. The zero-order valence-electron chi connectivity index (χ0n) is 16.6. The molecule has 3 rings (SSSR count). The number of benzene rings is 1. The first-order valence-corrected chi connectivity index (χ1v) is 10.2. The average Bonchev–Trinajstić information content (AvgIpc) is 3.54. The first-order valence-electron chi connectivity index (χ1n) is 10.2. The Morgan fingerprint density at radius 1 is 1.00 bits per heavy atom. The van der Waals surface area contributed by atoms with E-state index in [0.717, 1.165) is 25.0 Å². The molecule has 1 saturated carbocycles.